The second-order valence-electron chi connectivity index (χ2n) is 19.7. The smallest absolute Gasteiger partial charge is 0.335 e. The third-order valence-electron chi connectivity index (χ3n) is 16.8. The van der Waals surface area contributed by atoms with Gasteiger partial charge in [0.05, 0.1) is 36.8 Å². The van der Waals surface area contributed by atoms with Crippen LogP contribution in [0.15, 0.2) is 11.6 Å². The number of allylic oxidation sites excluding steroid dienone is 2. The minimum absolute atomic E-state index is 0.0571. The zero-order valence-electron chi connectivity index (χ0n) is 33.3. The Labute approximate surface area is 319 Å². The van der Waals surface area contributed by atoms with Gasteiger partial charge in [-0.15, -0.1) is 0 Å². The topological polar surface area (TPSA) is 224 Å². The lowest BCUT2D eigenvalue weighted by Crippen LogP contribution is -2.72. The number of carbonyl (C=O) groups is 2. The first-order chi connectivity index (χ1) is 25.0. The molecule has 0 aromatic heterocycles. The molecular weight excluding hydrogens is 700 g/mol. The Morgan fingerprint density at radius 3 is 2.17 bits per heavy atom. The summed E-state index contributed by atoms with van der Waals surface area (Å²) in [4.78, 5) is 24.8. The van der Waals surface area contributed by atoms with Crippen LogP contribution in [-0.4, -0.2) is 121 Å². The molecule has 1 heterocycles. The number of aliphatic hydroxyl groups excluding tert-OH is 7. The molecular formula is C41H66O13. The van der Waals surface area contributed by atoms with E-state index >= 15 is 0 Å². The second kappa shape index (κ2) is 14.0. The van der Waals surface area contributed by atoms with Crippen molar-refractivity contribution in [2.45, 2.75) is 162 Å². The fraction of sp³-hybridized carbons (Fsp3) is 0.902. The van der Waals surface area contributed by atoms with Crippen LogP contribution in [0.3, 0.4) is 0 Å². The molecule has 5 aliphatic carbocycles. The van der Waals surface area contributed by atoms with Crippen LogP contribution in [0.4, 0.5) is 0 Å². The molecule has 6 aliphatic rings. The van der Waals surface area contributed by atoms with Gasteiger partial charge in [0.25, 0.3) is 0 Å². The molecule has 54 heavy (non-hydrogen) atoms. The highest BCUT2D eigenvalue weighted by Gasteiger charge is 2.73. The molecule has 0 amide bonds. The van der Waals surface area contributed by atoms with E-state index in [1.54, 1.807) is 6.92 Å². The van der Waals surface area contributed by atoms with Crippen LogP contribution in [0.2, 0.25) is 0 Å². The Balaban J connectivity index is 1.32. The third-order valence-corrected chi connectivity index (χ3v) is 16.8. The molecule has 0 bridgehead atoms. The Hall–Kier alpha value is -1.68. The molecule has 1 saturated heterocycles. The molecule has 0 unspecified atom stereocenters. The Morgan fingerprint density at radius 2 is 1.57 bits per heavy atom. The zero-order chi connectivity index (χ0) is 40.1. The second-order valence-corrected chi connectivity index (χ2v) is 19.7. The van der Waals surface area contributed by atoms with Gasteiger partial charge in [-0.25, -0.2) is 4.79 Å². The van der Waals surface area contributed by atoms with Crippen molar-refractivity contribution in [1.29, 1.82) is 0 Å². The standard InChI is InChI=1S/C41H66O13/c1-9-20(2)34(51)54-32-31(48)41(19-43)22(16-36(32,3)4)21-10-11-24-37(5)14-13-26(52-35-29(47)27(45)28(46)30(53-35)33(49)50)38(6,18-42)23(37)12-15-39(24,7)40(21,8)17-25(41)44/h10,20,22-32,35,42-48H,9,11-19H2,1-8H3,(H,49,50)/t20-,22-,23+,24+,25-,26-,27-,28-,29+,30-,31-,32-,35+,37-,38-,39+,40+,41-/m0/s1. The molecule has 8 N–H and O–H groups in total. The first kappa shape index (κ1) is 41.9. The number of carboxylic acids is 1. The summed E-state index contributed by atoms with van der Waals surface area (Å²) in [6.07, 6.45) is -5.53. The minimum Gasteiger partial charge on any atom is -0.479 e. The monoisotopic (exact) mass is 766 g/mol. The highest BCUT2D eigenvalue weighted by molar-refractivity contribution is 5.73. The van der Waals surface area contributed by atoms with E-state index in [4.69, 9.17) is 14.2 Å². The molecule has 308 valence electrons. The van der Waals surface area contributed by atoms with Crippen molar-refractivity contribution in [2.24, 2.45) is 56.2 Å². The highest BCUT2D eigenvalue weighted by atomic mass is 16.7. The van der Waals surface area contributed by atoms with E-state index in [1.165, 1.54) is 0 Å². The maximum atomic E-state index is 13.0. The Morgan fingerprint density at radius 1 is 0.907 bits per heavy atom. The molecule has 0 spiro atoms. The molecule has 6 rings (SSSR count). The molecule has 18 atom stereocenters. The fourth-order valence-electron chi connectivity index (χ4n) is 13.1. The molecule has 13 heteroatoms. The average Bonchev–Trinajstić information content (AvgIpc) is 3.10. The van der Waals surface area contributed by atoms with Crippen LogP contribution in [0, 0.1) is 56.2 Å². The number of hydrogen-bond acceptors (Lipinski definition) is 12. The van der Waals surface area contributed by atoms with E-state index in [9.17, 15) is 50.4 Å². The van der Waals surface area contributed by atoms with E-state index in [1.807, 2.05) is 27.7 Å². The van der Waals surface area contributed by atoms with E-state index in [0.29, 0.717) is 44.9 Å². The highest BCUT2D eigenvalue weighted by Crippen LogP contribution is 2.76. The summed E-state index contributed by atoms with van der Waals surface area (Å²) in [6, 6.07) is 0. The number of aliphatic hydroxyl groups is 7. The average molecular weight is 767 g/mol. The number of aliphatic carboxylic acids is 1. The van der Waals surface area contributed by atoms with Crippen molar-refractivity contribution in [3.63, 3.8) is 0 Å². The Bertz CT molecular complexity index is 1480. The van der Waals surface area contributed by atoms with Gasteiger partial charge >= 0.3 is 11.9 Å². The maximum absolute atomic E-state index is 13.0. The van der Waals surface area contributed by atoms with Gasteiger partial charge in [0, 0.05) is 10.8 Å². The van der Waals surface area contributed by atoms with Gasteiger partial charge in [-0.2, -0.15) is 0 Å². The lowest BCUT2D eigenvalue weighted by Gasteiger charge is -2.72. The van der Waals surface area contributed by atoms with Crippen molar-refractivity contribution in [2.75, 3.05) is 13.2 Å². The molecule has 5 fully saturated rings. The largest absolute Gasteiger partial charge is 0.479 e. The van der Waals surface area contributed by atoms with Crippen molar-refractivity contribution >= 4 is 11.9 Å². The fourth-order valence-corrected chi connectivity index (χ4v) is 13.1. The van der Waals surface area contributed by atoms with Crippen molar-refractivity contribution in [3.05, 3.63) is 11.6 Å². The van der Waals surface area contributed by atoms with E-state index in [-0.39, 0.29) is 41.1 Å². The summed E-state index contributed by atoms with van der Waals surface area (Å²) < 4.78 is 17.8. The summed E-state index contributed by atoms with van der Waals surface area (Å²) in [6.45, 7) is 15.8. The predicted molar refractivity (Wildman–Crippen MR) is 194 cm³/mol. The molecule has 0 radical (unpaired) electrons. The number of carbonyl (C=O) groups excluding carboxylic acids is 1. The summed E-state index contributed by atoms with van der Waals surface area (Å²) in [5.74, 6) is -2.54. The third kappa shape index (κ3) is 5.72. The summed E-state index contributed by atoms with van der Waals surface area (Å²) in [5, 5.41) is 87.8. The zero-order valence-corrected chi connectivity index (χ0v) is 33.3. The van der Waals surface area contributed by atoms with Crippen LogP contribution in [0.1, 0.15) is 107 Å². The van der Waals surface area contributed by atoms with Crippen LogP contribution in [0.5, 0.6) is 0 Å². The van der Waals surface area contributed by atoms with Gasteiger partial charge in [0.1, 0.15) is 30.5 Å². The molecule has 0 aromatic carbocycles. The number of carboxylic acid groups (broad SMARTS) is 1. The van der Waals surface area contributed by atoms with Crippen LogP contribution in [0.25, 0.3) is 0 Å². The maximum Gasteiger partial charge on any atom is 0.335 e. The van der Waals surface area contributed by atoms with Gasteiger partial charge < -0.3 is 55.1 Å². The van der Waals surface area contributed by atoms with Gasteiger partial charge in [0.2, 0.25) is 0 Å². The number of esters is 1. The number of rotatable bonds is 8. The quantitative estimate of drug-likeness (QED) is 0.101. The predicted octanol–water partition coefficient (Wildman–Crippen LogP) is 2.54. The van der Waals surface area contributed by atoms with Gasteiger partial charge in [-0.1, -0.05) is 67.0 Å². The summed E-state index contributed by atoms with van der Waals surface area (Å²) in [5.41, 5.74) is -2.79. The molecule has 4 saturated carbocycles. The van der Waals surface area contributed by atoms with Crippen LogP contribution >= 0.6 is 0 Å². The number of hydrogen-bond donors (Lipinski definition) is 8. The van der Waals surface area contributed by atoms with E-state index in [0.717, 1.165) is 12.0 Å². The lowest BCUT2D eigenvalue weighted by molar-refractivity contribution is -0.328. The normalized spacial score (nSPS) is 51.7. The molecule has 1 aliphatic heterocycles. The SMILES string of the molecule is CC[C@H](C)C(=O)O[C@H]1[C@H](O)[C@]2(CO)[C@@H](O)C[C@]3(C)C(=CC[C@@H]4[C@@]5(C)CC[C@H](O[C@@H]6O[C@H](C(=O)O)[C@@H](O)[C@H](O)[C@H]6O)[C@@](C)(CO)[C@@H]5CC[C@]43C)[C@@H]2CC1(C)C. The van der Waals surface area contributed by atoms with Gasteiger partial charge in [0.15, 0.2) is 12.4 Å². The first-order valence-corrected chi connectivity index (χ1v) is 20.1. The lowest BCUT2D eigenvalue weighted by atomic mass is 9.33. The molecule has 13 nitrogen and oxygen atoms in total. The van der Waals surface area contributed by atoms with Gasteiger partial charge in [-0.3, -0.25) is 4.79 Å². The van der Waals surface area contributed by atoms with Crippen molar-refractivity contribution in [1.82, 2.24) is 0 Å². The van der Waals surface area contributed by atoms with Crippen LogP contribution in [-0.2, 0) is 23.8 Å². The Kier molecular flexibility index (Phi) is 10.9. The van der Waals surface area contributed by atoms with Crippen molar-refractivity contribution in [3.8, 4) is 0 Å². The summed E-state index contributed by atoms with van der Waals surface area (Å²) in [7, 11) is 0. The molecule has 0 aromatic rings. The van der Waals surface area contributed by atoms with E-state index < -0.39 is 95.3 Å². The first-order valence-electron chi connectivity index (χ1n) is 20.1. The summed E-state index contributed by atoms with van der Waals surface area (Å²) >= 11 is 0. The van der Waals surface area contributed by atoms with E-state index in [2.05, 4.69) is 26.8 Å². The van der Waals surface area contributed by atoms with Gasteiger partial charge in [-0.05, 0) is 85.4 Å². The number of fused-ring (bicyclic) bond motifs is 7. The van der Waals surface area contributed by atoms with Crippen LogP contribution < -0.4 is 0 Å². The number of ether oxygens (including phenoxy) is 3. The van der Waals surface area contributed by atoms with Crippen molar-refractivity contribution < 1.29 is 64.7 Å². The minimum atomic E-state index is -1.84.